The Balaban J connectivity index is 2.84. The normalized spacial score (nSPS) is 13.1. The highest BCUT2D eigenvalue weighted by molar-refractivity contribution is 5.86. The van der Waals surface area contributed by atoms with Crippen molar-refractivity contribution in [3.63, 3.8) is 0 Å². The molecule has 1 atom stereocenters. The Hall–Kier alpha value is -1.57. The van der Waals surface area contributed by atoms with Gasteiger partial charge in [-0.15, -0.1) is 5.10 Å². The zero-order chi connectivity index (χ0) is 10.7. The van der Waals surface area contributed by atoms with Crippen LogP contribution < -0.4 is 5.73 Å². The Bertz CT molecular complexity index is 327. The SMILES string of the molecule is NC(CC(F)F)c1n[nH]nc1C(=O)O. The van der Waals surface area contributed by atoms with Crippen molar-refractivity contribution < 1.29 is 18.7 Å². The number of H-pyrrole nitrogens is 1. The van der Waals surface area contributed by atoms with Crippen LogP contribution in [0.4, 0.5) is 8.78 Å². The molecule has 0 amide bonds. The maximum absolute atomic E-state index is 11.9. The van der Waals surface area contributed by atoms with E-state index in [0.717, 1.165) is 0 Å². The quantitative estimate of drug-likeness (QED) is 0.650. The predicted molar refractivity (Wildman–Crippen MR) is 40.9 cm³/mol. The largest absolute Gasteiger partial charge is 0.476 e. The number of nitrogens with one attached hydrogen (secondary N) is 1. The predicted octanol–water partition coefficient (Wildman–Crippen LogP) is 0.158. The number of hydrogen-bond acceptors (Lipinski definition) is 4. The van der Waals surface area contributed by atoms with Gasteiger partial charge in [0.15, 0.2) is 5.69 Å². The monoisotopic (exact) mass is 206 g/mol. The number of aromatic carboxylic acids is 1. The van der Waals surface area contributed by atoms with Crippen molar-refractivity contribution in [3.05, 3.63) is 11.4 Å². The van der Waals surface area contributed by atoms with Crippen molar-refractivity contribution in [1.29, 1.82) is 0 Å². The standard InChI is InChI=1S/C6H8F2N4O2/c7-3(8)1-2(9)4-5(6(13)14)11-12-10-4/h2-3H,1,9H2,(H,13,14)(H,10,11,12). The van der Waals surface area contributed by atoms with Crippen LogP contribution in [0.5, 0.6) is 0 Å². The summed E-state index contributed by atoms with van der Waals surface area (Å²) in [6.45, 7) is 0. The van der Waals surface area contributed by atoms with Gasteiger partial charge < -0.3 is 10.8 Å². The number of alkyl halides is 2. The molecule has 0 aliphatic rings. The number of carboxylic acid groups (broad SMARTS) is 1. The molecule has 1 aromatic heterocycles. The minimum absolute atomic E-state index is 0.155. The molecule has 0 saturated heterocycles. The van der Waals surface area contributed by atoms with Crippen LogP contribution in [0.1, 0.15) is 28.6 Å². The number of nitrogens with zero attached hydrogens (tertiary/aromatic N) is 2. The lowest BCUT2D eigenvalue weighted by molar-refractivity contribution is 0.0686. The average molecular weight is 206 g/mol. The summed E-state index contributed by atoms with van der Waals surface area (Å²) in [6, 6.07) is -1.13. The molecule has 0 bridgehead atoms. The highest BCUT2D eigenvalue weighted by Gasteiger charge is 2.23. The molecule has 78 valence electrons. The van der Waals surface area contributed by atoms with Crippen LogP contribution in [0.15, 0.2) is 0 Å². The van der Waals surface area contributed by atoms with Crippen molar-refractivity contribution >= 4 is 5.97 Å². The van der Waals surface area contributed by atoms with E-state index in [4.69, 9.17) is 10.8 Å². The fourth-order valence-electron chi connectivity index (χ4n) is 0.959. The number of aromatic nitrogens is 3. The van der Waals surface area contributed by atoms with Crippen LogP contribution in [0.25, 0.3) is 0 Å². The lowest BCUT2D eigenvalue weighted by Gasteiger charge is -2.07. The molecule has 0 spiro atoms. The van der Waals surface area contributed by atoms with Crippen molar-refractivity contribution in [1.82, 2.24) is 15.4 Å². The minimum atomic E-state index is -2.61. The van der Waals surface area contributed by atoms with Gasteiger partial charge in [0.2, 0.25) is 6.43 Å². The summed E-state index contributed by atoms with van der Waals surface area (Å²) < 4.78 is 23.8. The first-order valence-electron chi connectivity index (χ1n) is 3.70. The van der Waals surface area contributed by atoms with Crippen LogP contribution in [0.2, 0.25) is 0 Å². The summed E-state index contributed by atoms with van der Waals surface area (Å²) in [6.07, 6.45) is -3.25. The molecule has 1 rings (SSSR count). The van der Waals surface area contributed by atoms with Gasteiger partial charge in [-0.3, -0.25) is 0 Å². The molecule has 1 heterocycles. The van der Waals surface area contributed by atoms with Gasteiger partial charge in [0.1, 0.15) is 5.69 Å². The molecule has 0 saturated carbocycles. The van der Waals surface area contributed by atoms with E-state index in [1.165, 1.54) is 0 Å². The van der Waals surface area contributed by atoms with E-state index in [1.807, 2.05) is 5.21 Å². The minimum Gasteiger partial charge on any atom is -0.476 e. The van der Waals surface area contributed by atoms with Gasteiger partial charge in [-0.1, -0.05) is 0 Å². The zero-order valence-electron chi connectivity index (χ0n) is 6.94. The molecule has 0 radical (unpaired) electrons. The van der Waals surface area contributed by atoms with E-state index in [2.05, 4.69) is 10.2 Å². The molecule has 14 heavy (non-hydrogen) atoms. The Morgan fingerprint density at radius 1 is 1.57 bits per heavy atom. The topological polar surface area (TPSA) is 105 Å². The van der Waals surface area contributed by atoms with Crippen LogP contribution >= 0.6 is 0 Å². The number of nitrogens with two attached hydrogens (primary N) is 1. The van der Waals surface area contributed by atoms with E-state index < -0.39 is 30.6 Å². The maximum Gasteiger partial charge on any atom is 0.358 e. The molecule has 0 aliphatic heterocycles. The maximum atomic E-state index is 11.9. The van der Waals surface area contributed by atoms with Crippen molar-refractivity contribution in [3.8, 4) is 0 Å². The fourth-order valence-corrected chi connectivity index (χ4v) is 0.959. The number of rotatable bonds is 4. The van der Waals surface area contributed by atoms with E-state index in [-0.39, 0.29) is 5.69 Å². The summed E-state index contributed by atoms with van der Waals surface area (Å²) in [5.41, 5.74) is 4.74. The number of aromatic amines is 1. The Morgan fingerprint density at radius 3 is 2.71 bits per heavy atom. The van der Waals surface area contributed by atoms with Crippen molar-refractivity contribution in [2.45, 2.75) is 18.9 Å². The van der Waals surface area contributed by atoms with Crippen molar-refractivity contribution in [2.24, 2.45) is 5.73 Å². The molecule has 0 fully saturated rings. The molecule has 4 N–H and O–H groups in total. The van der Waals surface area contributed by atoms with Gasteiger partial charge in [0.05, 0.1) is 6.04 Å². The van der Waals surface area contributed by atoms with Gasteiger partial charge in [-0.05, 0) is 0 Å². The number of carbonyl (C=O) groups is 1. The van der Waals surface area contributed by atoms with Crippen LogP contribution in [-0.4, -0.2) is 32.9 Å². The van der Waals surface area contributed by atoms with Crippen LogP contribution in [0.3, 0.4) is 0 Å². The lowest BCUT2D eigenvalue weighted by atomic mass is 10.1. The highest BCUT2D eigenvalue weighted by atomic mass is 19.3. The lowest BCUT2D eigenvalue weighted by Crippen LogP contribution is -2.17. The van der Waals surface area contributed by atoms with E-state index in [0.29, 0.717) is 0 Å². The molecular formula is C6H8F2N4O2. The van der Waals surface area contributed by atoms with Crippen molar-refractivity contribution in [2.75, 3.05) is 0 Å². The fraction of sp³-hybridized carbons (Fsp3) is 0.500. The third kappa shape index (κ3) is 2.22. The van der Waals surface area contributed by atoms with E-state index >= 15 is 0 Å². The summed E-state index contributed by atoms with van der Waals surface area (Å²) in [4.78, 5) is 10.5. The van der Waals surface area contributed by atoms with Gasteiger partial charge in [-0.2, -0.15) is 10.3 Å². The molecule has 6 nitrogen and oxygen atoms in total. The smallest absolute Gasteiger partial charge is 0.358 e. The first kappa shape index (κ1) is 10.5. The third-order valence-corrected chi connectivity index (χ3v) is 1.56. The highest BCUT2D eigenvalue weighted by Crippen LogP contribution is 2.17. The second-order valence-electron chi connectivity index (χ2n) is 2.60. The molecular weight excluding hydrogens is 198 g/mol. The Morgan fingerprint density at radius 2 is 2.21 bits per heavy atom. The second-order valence-corrected chi connectivity index (χ2v) is 2.60. The Kier molecular flexibility index (Phi) is 3.07. The van der Waals surface area contributed by atoms with E-state index in [1.54, 1.807) is 0 Å². The number of carboxylic acids is 1. The first-order chi connectivity index (χ1) is 6.52. The Labute approximate surface area is 77.1 Å². The summed E-state index contributed by atoms with van der Waals surface area (Å²) in [5, 5.41) is 17.3. The summed E-state index contributed by atoms with van der Waals surface area (Å²) in [5.74, 6) is -1.35. The summed E-state index contributed by atoms with van der Waals surface area (Å²) >= 11 is 0. The van der Waals surface area contributed by atoms with Gasteiger partial charge in [-0.25, -0.2) is 13.6 Å². The summed E-state index contributed by atoms with van der Waals surface area (Å²) in [7, 11) is 0. The van der Waals surface area contributed by atoms with Gasteiger partial charge in [0.25, 0.3) is 0 Å². The second kappa shape index (κ2) is 4.09. The van der Waals surface area contributed by atoms with Crippen LogP contribution in [-0.2, 0) is 0 Å². The third-order valence-electron chi connectivity index (χ3n) is 1.56. The van der Waals surface area contributed by atoms with Crippen LogP contribution in [0, 0.1) is 0 Å². The molecule has 0 aromatic carbocycles. The molecule has 1 aromatic rings. The average Bonchev–Trinajstić information content (AvgIpc) is 2.49. The number of halogens is 2. The van der Waals surface area contributed by atoms with E-state index in [9.17, 15) is 13.6 Å². The molecule has 0 aliphatic carbocycles. The molecule has 8 heteroatoms. The molecule has 1 unspecified atom stereocenters. The van der Waals surface area contributed by atoms with Gasteiger partial charge in [0, 0.05) is 6.42 Å². The van der Waals surface area contributed by atoms with Gasteiger partial charge >= 0.3 is 5.97 Å². The number of hydrogen-bond donors (Lipinski definition) is 3. The first-order valence-corrected chi connectivity index (χ1v) is 3.70. The zero-order valence-corrected chi connectivity index (χ0v) is 6.94.